The lowest BCUT2D eigenvalue weighted by Crippen LogP contribution is -2.34. The predicted octanol–water partition coefficient (Wildman–Crippen LogP) is 2.54. The number of carbonyl (C=O) groups is 1. The first-order valence-corrected chi connectivity index (χ1v) is 4.31. The fourth-order valence-electron chi connectivity index (χ4n) is 0.713. The summed E-state index contributed by atoms with van der Waals surface area (Å²) in [5.41, 5.74) is -0.521. The van der Waals surface area contributed by atoms with E-state index in [1.165, 1.54) is 0 Å². The minimum atomic E-state index is -0.521. The van der Waals surface area contributed by atoms with Gasteiger partial charge in [-0.05, 0) is 18.9 Å². The maximum Gasteiger partial charge on any atom is 0.306 e. The Hall–Kier alpha value is -0.790. The molecule has 0 rings (SSSR count). The highest BCUT2D eigenvalue weighted by atomic mass is 16.6. The average Bonchev–Trinajstić information content (AvgIpc) is 2.03. The Labute approximate surface area is 74.6 Å². The highest BCUT2D eigenvalue weighted by molar-refractivity contribution is 5.69. The van der Waals surface area contributed by atoms with Crippen LogP contribution in [-0.4, -0.2) is 11.6 Å². The average molecular weight is 170 g/mol. The molecule has 0 aliphatic carbocycles. The van der Waals surface area contributed by atoms with E-state index in [2.05, 4.69) is 6.58 Å². The van der Waals surface area contributed by atoms with E-state index in [9.17, 15) is 4.79 Å². The first kappa shape index (κ1) is 11.2. The van der Waals surface area contributed by atoms with Crippen LogP contribution < -0.4 is 0 Å². The monoisotopic (exact) mass is 170 g/mol. The Morgan fingerprint density at radius 1 is 1.67 bits per heavy atom. The third-order valence-corrected chi connectivity index (χ3v) is 2.17. The highest BCUT2D eigenvalue weighted by Crippen LogP contribution is 2.22. The summed E-state index contributed by atoms with van der Waals surface area (Å²) in [5.74, 6) is 0.0802. The molecule has 0 bridgehead atoms. The van der Waals surface area contributed by atoms with E-state index in [1.807, 2.05) is 20.8 Å². The third kappa shape index (κ3) is 2.68. The lowest BCUT2D eigenvalue weighted by atomic mass is 9.92. The molecule has 0 heterocycles. The molecule has 2 heteroatoms. The molecule has 0 spiro atoms. The molecule has 0 amide bonds. The van der Waals surface area contributed by atoms with Crippen LogP contribution in [0.25, 0.3) is 0 Å². The van der Waals surface area contributed by atoms with Crippen molar-refractivity contribution in [2.45, 2.75) is 39.7 Å². The van der Waals surface area contributed by atoms with Crippen molar-refractivity contribution in [2.24, 2.45) is 5.92 Å². The van der Waals surface area contributed by atoms with E-state index in [0.717, 1.165) is 0 Å². The van der Waals surface area contributed by atoms with E-state index >= 15 is 0 Å². The first-order chi connectivity index (χ1) is 5.46. The maximum atomic E-state index is 11.0. The zero-order valence-corrected chi connectivity index (χ0v) is 8.39. The van der Waals surface area contributed by atoms with Crippen molar-refractivity contribution in [3.05, 3.63) is 12.7 Å². The Kier molecular flexibility index (Phi) is 4.01. The van der Waals surface area contributed by atoms with E-state index in [0.29, 0.717) is 6.42 Å². The van der Waals surface area contributed by atoms with Gasteiger partial charge in [0.15, 0.2) is 0 Å². The molecule has 0 aromatic carbocycles. The summed E-state index contributed by atoms with van der Waals surface area (Å²) >= 11 is 0. The van der Waals surface area contributed by atoms with Crippen molar-refractivity contribution in [1.82, 2.24) is 0 Å². The topological polar surface area (TPSA) is 26.3 Å². The molecule has 0 saturated heterocycles. The van der Waals surface area contributed by atoms with Crippen LogP contribution in [0.4, 0.5) is 0 Å². The second kappa shape index (κ2) is 4.29. The maximum absolute atomic E-state index is 11.0. The lowest BCUT2D eigenvalue weighted by molar-refractivity contribution is -0.156. The van der Waals surface area contributed by atoms with E-state index in [4.69, 9.17) is 4.74 Å². The third-order valence-electron chi connectivity index (χ3n) is 2.17. The van der Waals surface area contributed by atoms with E-state index < -0.39 is 5.60 Å². The van der Waals surface area contributed by atoms with Crippen LogP contribution in [0.5, 0.6) is 0 Å². The first-order valence-electron chi connectivity index (χ1n) is 4.31. The largest absolute Gasteiger partial charge is 0.455 e. The van der Waals surface area contributed by atoms with Crippen molar-refractivity contribution < 1.29 is 9.53 Å². The standard InChI is InChI=1S/C10H18O2/c1-6-9(11)12-10(5,7-2)8(3)4/h7-8H,2,6H2,1,3-5H3. The quantitative estimate of drug-likeness (QED) is 0.478. The van der Waals surface area contributed by atoms with Crippen molar-refractivity contribution >= 4 is 5.97 Å². The molecular formula is C10H18O2. The molecule has 0 aromatic heterocycles. The molecule has 0 N–H and O–H groups in total. The Balaban J connectivity index is 4.34. The summed E-state index contributed by atoms with van der Waals surface area (Å²) in [7, 11) is 0. The van der Waals surface area contributed by atoms with Crippen molar-refractivity contribution in [3.8, 4) is 0 Å². The minimum Gasteiger partial charge on any atom is -0.455 e. The van der Waals surface area contributed by atoms with Gasteiger partial charge >= 0.3 is 5.97 Å². The summed E-state index contributed by atoms with van der Waals surface area (Å²) in [6, 6.07) is 0. The molecule has 0 aliphatic rings. The van der Waals surface area contributed by atoms with Gasteiger partial charge in [-0.2, -0.15) is 0 Å². The SMILES string of the molecule is C=CC(C)(OC(=O)CC)C(C)C. The van der Waals surface area contributed by atoms with Crippen LogP contribution in [-0.2, 0) is 9.53 Å². The number of rotatable bonds is 4. The van der Waals surface area contributed by atoms with Gasteiger partial charge in [-0.3, -0.25) is 4.79 Å². The van der Waals surface area contributed by atoms with Crippen LogP contribution >= 0.6 is 0 Å². The summed E-state index contributed by atoms with van der Waals surface area (Å²) in [6.45, 7) is 11.3. The lowest BCUT2D eigenvalue weighted by Gasteiger charge is -2.29. The van der Waals surface area contributed by atoms with Crippen molar-refractivity contribution in [3.63, 3.8) is 0 Å². The molecule has 2 nitrogen and oxygen atoms in total. The number of hydrogen-bond acceptors (Lipinski definition) is 2. The van der Waals surface area contributed by atoms with Crippen molar-refractivity contribution in [2.75, 3.05) is 0 Å². The van der Waals surface area contributed by atoms with Gasteiger partial charge < -0.3 is 4.74 Å². The molecule has 0 fully saturated rings. The van der Waals surface area contributed by atoms with Gasteiger partial charge in [-0.1, -0.05) is 27.4 Å². The number of esters is 1. The van der Waals surface area contributed by atoms with Crippen LogP contribution in [0.3, 0.4) is 0 Å². The smallest absolute Gasteiger partial charge is 0.306 e. The van der Waals surface area contributed by atoms with Gasteiger partial charge in [0.05, 0.1) is 0 Å². The van der Waals surface area contributed by atoms with Crippen molar-refractivity contribution in [1.29, 1.82) is 0 Å². The minimum absolute atomic E-state index is 0.175. The Bertz CT molecular complexity index is 173. The second-order valence-corrected chi connectivity index (χ2v) is 3.37. The van der Waals surface area contributed by atoms with Gasteiger partial charge in [0.2, 0.25) is 0 Å². The zero-order valence-electron chi connectivity index (χ0n) is 8.39. The fourth-order valence-corrected chi connectivity index (χ4v) is 0.713. The Morgan fingerprint density at radius 3 is 2.42 bits per heavy atom. The Morgan fingerprint density at radius 2 is 2.17 bits per heavy atom. The number of ether oxygens (including phenoxy) is 1. The molecule has 12 heavy (non-hydrogen) atoms. The van der Waals surface area contributed by atoms with Crippen LogP contribution in [0.1, 0.15) is 34.1 Å². The summed E-state index contributed by atoms with van der Waals surface area (Å²) in [5, 5.41) is 0. The molecule has 70 valence electrons. The van der Waals surface area contributed by atoms with Gasteiger partial charge in [0.25, 0.3) is 0 Å². The van der Waals surface area contributed by atoms with Crippen LogP contribution in [0.15, 0.2) is 12.7 Å². The normalized spacial score (nSPS) is 15.4. The second-order valence-electron chi connectivity index (χ2n) is 3.37. The molecule has 1 atom stereocenters. The van der Waals surface area contributed by atoms with Crippen LogP contribution in [0, 0.1) is 5.92 Å². The molecule has 0 aliphatic heterocycles. The summed E-state index contributed by atoms with van der Waals surface area (Å²) in [6.07, 6.45) is 2.10. The molecule has 0 saturated carbocycles. The van der Waals surface area contributed by atoms with E-state index in [1.54, 1.807) is 13.0 Å². The molecule has 0 radical (unpaired) electrons. The molecule has 0 aromatic rings. The number of hydrogen-bond donors (Lipinski definition) is 0. The van der Waals surface area contributed by atoms with Gasteiger partial charge in [-0.25, -0.2) is 0 Å². The molecular weight excluding hydrogens is 152 g/mol. The fraction of sp³-hybridized carbons (Fsp3) is 0.700. The number of carbonyl (C=O) groups excluding carboxylic acids is 1. The zero-order chi connectivity index (χ0) is 9.78. The summed E-state index contributed by atoms with van der Waals surface area (Å²) < 4.78 is 5.24. The summed E-state index contributed by atoms with van der Waals surface area (Å²) in [4.78, 5) is 11.0. The molecule has 1 unspecified atom stereocenters. The predicted molar refractivity (Wildman–Crippen MR) is 49.8 cm³/mol. The van der Waals surface area contributed by atoms with Gasteiger partial charge in [-0.15, -0.1) is 0 Å². The highest BCUT2D eigenvalue weighted by Gasteiger charge is 2.28. The van der Waals surface area contributed by atoms with Gasteiger partial charge in [0.1, 0.15) is 5.60 Å². The van der Waals surface area contributed by atoms with Crippen LogP contribution in [0.2, 0.25) is 0 Å². The van der Waals surface area contributed by atoms with E-state index in [-0.39, 0.29) is 11.9 Å². The van der Waals surface area contributed by atoms with Gasteiger partial charge in [0, 0.05) is 6.42 Å².